The largest absolute Gasteiger partial charge is 0.378 e. The van der Waals surface area contributed by atoms with Crippen LogP contribution in [0.3, 0.4) is 0 Å². The van der Waals surface area contributed by atoms with Crippen LogP contribution in [-0.4, -0.2) is 47.0 Å². The lowest BCUT2D eigenvalue weighted by Gasteiger charge is -2.13. The van der Waals surface area contributed by atoms with E-state index in [0.29, 0.717) is 16.9 Å². The van der Waals surface area contributed by atoms with Crippen LogP contribution in [0.5, 0.6) is 0 Å². The van der Waals surface area contributed by atoms with Crippen LogP contribution in [0.2, 0.25) is 0 Å². The number of nitrogens with one attached hydrogen (secondary N) is 1. The van der Waals surface area contributed by atoms with Gasteiger partial charge in [0.15, 0.2) is 12.3 Å². The quantitative estimate of drug-likeness (QED) is 0.685. The minimum atomic E-state index is -0.789. The zero-order valence-electron chi connectivity index (χ0n) is 14.4. The minimum Gasteiger partial charge on any atom is -0.378 e. The molecule has 6 rings (SSSR count). The summed E-state index contributed by atoms with van der Waals surface area (Å²) >= 11 is 1.80. The summed E-state index contributed by atoms with van der Waals surface area (Å²) in [6.07, 6.45) is 9.03. The number of hydrogen-bond acceptors (Lipinski definition) is 5. The first-order chi connectivity index (χ1) is 13.3. The van der Waals surface area contributed by atoms with E-state index in [0.717, 1.165) is 27.3 Å². The number of fused-ring (bicyclic) bond motifs is 2. The molecular formula is C19H17N6OS+. The summed E-state index contributed by atoms with van der Waals surface area (Å²) in [5, 5.41) is 22.1. The van der Waals surface area contributed by atoms with Crippen molar-refractivity contribution in [3.63, 3.8) is 0 Å². The Hall–Kier alpha value is -2.71. The molecule has 1 aromatic carbocycles. The SMILES string of the molecule is O[C@H](C1=[N+]2C=NC=C2SC1C1CC1)c1cn(-c2ccc3[nH]ccc3c2)nn1. The molecule has 3 aliphatic rings. The molecule has 1 unspecified atom stereocenters. The molecule has 7 nitrogen and oxygen atoms in total. The van der Waals surface area contributed by atoms with E-state index in [2.05, 4.69) is 26.4 Å². The molecule has 134 valence electrons. The lowest BCUT2D eigenvalue weighted by atomic mass is 10.0. The third-order valence-corrected chi connectivity index (χ3v) is 6.77. The van der Waals surface area contributed by atoms with Gasteiger partial charge in [0.1, 0.15) is 11.4 Å². The number of rotatable bonds is 4. The number of aromatic nitrogens is 4. The number of hydrogen-bond donors (Lipinski definition) is 2. The van der Waals surface area contributed by atoms with Gasteiger partial charge in [-0.15, -0.1) is 5.10 Å². The average Bonchev–Trinajstić information content (AvgIpc) is 3.11. The highest BCUT2D eigenvalue weighted by atomic mass is 32.2. The maximum atomic E-state index is 11.1. The zero-order chi connectivity index (χ0) is 18.0. The van der Waals surface area contributed by atoms with Crippen molar-refractivity contribution in [2.75, 3.05) is 0 Å². The van der Waals surface area contributed by atoms with Crippen LogP contribution in [0.4, 0.5) is 0 Å². The molecule has 1 fully saturated rings. The fraction of sp³-hybridized carbons (Fsp3) is 0.263. The number of benzene rings is 1. The summed E-state index contributed by atoms with van der Waals surface area (Å²) in [5.41, 5.74) is 3.52. The standard InChI is InChI=1S/C19H17N6OS/c26-18(17-19(11-1-2-11)27-16-8-20-10-24(16)17)15-9-25(23-22-15)13-3-4-14-12(7-13)5-6-21-14/h3-11,18-19,21,26H,1-2H2/q+1/t18-,19?/m0/s1. The van der Waals surface area contributed by atoms with Crippen LogP contribution in [0, 0.1) is 5.92 Å². The minimum absolute atomic E-state index is 0.291. The van der Waals surface area contributed by atoms with E-state index < -0.39 is 6.10 Å². The number of aliphatic hydroxyl groups is 1. The molecule has 1 aliphatic carbocycles. The van der Waals surface area contributed by atoms with Gasteiger partial charge in [0.05, 0.1) is 17.1 Å². The van der Waals surface area contributed by atoms with E-state index in [1.54, 1.807) is 22.8 Å². The van der Waals surface area contributed by atoms with Crippen molar-refractivity contribution in [3.05, 3.63) is 53.6 Å². The molecule has 3 aromatic rings. The number of nitrogens with zero attached hydrogens (tertiary/aromatic N) is 5. The number of aliphatic hydroxyl groups excluding tert-OH is 1. The summed E-state index contributed by atoms with van der Waals surface area (Å²) in [4.78, 5) is 7.41. The predicted molar refractivity (Wildman–Crippen MR) is 104 cm³/mol. The van der Waals surface area contributed by atoms with Crippen LogP contribution in [0.15, 0.2) is 52.9 Å². The Balaban J connectivity index is 1.37. The van der Waals surface area contributed by atoms with Gasteiger partial charge in [-0.2, -0.15) is 4.58 Å². The highest BCUT2D eigenvalue weighted by Crippen LogP contribution is 2.48. The third kappa shape index (κ3) is 2.40. The Labute approximate surface area is 159 Å². The second-order valence-corrected chi connectivity index (χ2v) is 8.30. The number of thioether (sulfide) groups is 1. The Kier molecular flexibility index (Phi) is 3.21. The Bertz CT molecular complexity index is 1150. The van der Waals surface area contributed by atoms with Gasteiger partial charge in [-0.25, -0.2) is 4.68 Å². The summed E-state index contributed by atoms with van der Waals surface area (Å²) in [6.45, 7) is 0. The topological polar surface area (TPSA) is 82.1 Å². The number of aromatic amines is 1. The van der Waals surface area contributed by atoms with Crippen LogP contribution in [0.25, 0.3) is 16.6 Å². The molecule has 2 aliphatic heterocycles. The van der Waals surface area contributed by atoms with Crippen molar-refractivity contribution >= 4 is 34.7 Å². The van der Waals surface area contributed by atoms with E-state index in [1.165, 1.54) is 12.8 Å². The first kappa shape index (κ1) is 15.4. The highest BCUT2D eigenvalue weighted by molar-refractivity contribution is 8.04. The van der Waals surface area contributed by atoms with E-state index in [1.807, 2.05) is 41.4 Å². The Morgan fingerprint density at radius 3 is 3.11 bits per heavy atom. The van der Waals surface area contributed by atoms with E-state index in [-0.39, 0.29) is 0 Å². The van der Waals surface area contributed by atoms with Crippen molar-refractivity contribution < 1.29 is 9.68 Å². The van der Waals surface area contributed by atoms with Gasteiger partial charge in [0, 0.05) is 17.1 Å². The molecule has 0 saturated heterocycles. The molecule has 1 saturated carbocycles. The first-order valence-electron chi connectivity index (χ1n) is 9.02. The van der Waals surface area contributed by atoms with Gasteiger partial charge >= 0.3 is 0 Å². The van der Waals surface area contributed by atoms with Gasteiger partial charge in [-0.1, -0.05) is 22.0 Å². The molecule has 0 bridgehead atoms. The van der Waals surface area contributed by atoms with Crippen molar-refractivity contribution in [1.29, 1.82) is 0 Å². The fourth-order valence-corrected chi connectivity index (χ4v) is 5.25. The molecule has 0 radical (unpaired) electrons. The monoisotopic (exact) mass is 377 g/mol. The van der Waals surface area contributed by atoms with Gasteiger partial charge < -0.3 is 10.1 Å². The molecule has 8 heteroatoms. The summed E-state index contributed by atoms with van der Waals surface area (Å²) in [7, 11) is 0. The number of H-pyrrole nitrogens is 1. The van der Waals surface area contributed by atoms with E-state index in [9.17, 15) is 5.11 Å². The van der Waals surface area contributed by atoms with Gasteiger partial charge in [0.2, 0.25) is 5.03 Å². The van der Waals surface area contributed by atoms with Crippen molar-refractivity contribution in [3.8, 4) is 5.69 Å². The average molecular weight is 377 g/mol. The molecule has 2 atom stereocenters. The summed E-state index contributed by atoms with van der Waals surface area (Å²) in [6, 6.07) is 8.09. The van der Waals surface area contributed by atoms with Crippen LogP contribution in [-0.2, 0) is 0 Å². The van der Waals surface area contributed by atoms with Crippen LogP contribution >= 0.6 is 11.8 Å². The first-order valence-corrected chi connectivity index (χ1v) is 9.90. The van der Waals surface area contributed by atoms with Crippen molar-refractivity contribution in [1.82, 2.24) is 20.0 Å². The van der Waals surface area contributed by atoms with E-state index in [4.69, 9.17) is 0 Å². The van der Waals surface area contributed by atoms with Crippen LogP contribution < -0.4 is 0 Å². The molecule has 27 heavy (non-hydrogen) atoms. The van der Waals surface area contributed by atoms with Crippen molar-refractivity contribution in [2.45, 2.75) is 24.2 Å². The summed E-state index contributed by atoms with van der Waals surface area (Å²) in [5.74, 6) is 0.630. The molecule has 2 N–H and O–H groups in total. The third-order valence-electron chi connectivity index (χ3n) is 5.34. The molecule has 2 aromatic heterocycles. The lowest BCUT2D eigenvalue weighted by Crippen LogP contribution is -2.29. The maximum absolute atomic E-state index is 11.1. The highest BCUT2D eigenvalue weighted by Gasteiger charge is 2.48. The normalized spacial score (nSPS) is 22.6. The second-order valence-electron chi connectivity index (χ2n) is 7.14. The number of aliphatic imine (C=N–C) groups is 1. The predicted octanol–water partition coefficient (Wildman–Crippen LogP) is 2.60. The lowest BCUT2D eigenvalue weighted by molar-refractivity contribution is -0.320. The molecule has 4 heterocycles. The van der Waals surface area contributed by atoms with Crippen LogP contribution in [0.1, 0.15) is 24.6 Å². The van der Waals surface area contributed by atoms with Gasteiger partial charge in [-0.3, -0.25) is 0 Å². The second kappa shape index (κ2) is 5.64. The molecule has 0 spiro atoms. The van der Waals surface area contributed by atoms with Gasteiger partial charge in [0.25, 0.3) is 6.34 Å². The maximum Gasteiger partial charge on any atom is 0.292 e. The van der Waals surface area contributed by atoms with Gasteiger partial charge in [-0.05, 0) is 43.0 Å². The summed E-state index contributed by atoms with van der Waals surface area (Å²) < 4.78 is 3.73. The smallest absolute Gasteiger partial charge is 0.292 e. The Morgan fingerprint density at radius 1 is 1.30 bits per heavy atom. The molecule has 0 amide bonds. The fourth-order valence-electron chi connectivity index (χ4n) is 3.78. The van der Waals surface area contributed by atoms with E-state index >= 15 is 0 Å². The molecular weight excluding hydrogens is 360 g/mol. The Morgan fingerprint density at radius 2 is 2.22 bits per heavy atom. The zero-order valence-corrected chi connectivity index (χ0v) is 15.2. The van der Waals surface area contributed by atoms with Crippen molar-refractivity contribution in [2.24, 2.45) is 10.9 Å².